The van der Waals surface area contributed by atoms with Gasteiger partial charge in [0, 0.05) is 37.4 Å². The van der Waals surface area contributed by atoms with Gasteiger partial charge >= 0.3 is 0 Å². The van der Waals surface area contributed by atoms with Crippen molar-refractivity contribution >= 4 is 27.0 Å². The Morgan fingerprint density at radius 1 is 1.14 bits per heavy atom. The molecule has 0 saturated carbocycles. The fraction of sp³-hybridized carbons (Fsp3) is 0.350. The summed E-state index contributed by atoms with van der Waals surface area (Å²) in [5.74, 6) is 0.599. The second kappa shape index (κ2) is 7.35. The quantitative estimate of drug-likeness (QED) is 0.644. The van der Waals surface area contributed by atoms with Crippen LogP contribution in [0.3, 0.4) is 0 Å². The first kappa shape index (κ1) is 19.2. The molecule has 0 amide bonds. The highest BCUT2D eigenvalue weighted by Crippen LogP contribution is 2.33. The molecule has 3 heterocycles. The van der Waals surface area contributed by atoms with E-state index in [4.69, 9.17) is 4.52 Å². The molecule has 0 spiro atoms. The highest BCUT2D eigenvalue weighted by molar-refractivity contribution is 7.91. The molecule has 8 heteroatoms. The van der Waals surface area contributed by atoms with E-state index in [-0.39, 0.29) is 6.04 Å². The summed E-state index contributed by atoms with van der Waals surface area (Å²) in [6, 6.07) is 13.7. The van der Waals surface area contributed by atoms with Crippen LogP contribution in [0.4, 0.5) is 5.69 Å². The molecule has 1 aromatic carbocycles. The summed E-state index contributed by atoms with van der Waals surface area (Å²) in [6.45, 7) is 7.58. The lowest BCUT2D eigenvalue weighted by Gasteiger charge is -2.40. The van der Waals surface area contributed by atoms with Gasteiger partial charge in [0.1, 0.15) is 4.21 Å². The lowest BCUT2D eigenvalue weighted by atomic mass is 10.1. The zero-order chi connectivity index (χ0) is 19.9. The number of aryl methyl sites for hydroxylation is 2. The van der Waals surface area contributed by atoms with E-state index < -0.39 is 10.0 Å². The van der Waals surface area contributed by atoms with Gasteiger partial charge in [-0.3, -0.25) is 0 Å². The molecule has 0 aliphatic carbocycles. The van der Waals surface area contributed by atoms with Gasteiger partial charge in [0.15, 0.2) is 5.76 Å². The van der Waals surface area contributed by atoms with Crippen LogP contribution in [0, 0.1) is 13.8 Å². The van der Waals surface area contributed by atoms with Crippen molar-refractivity contribution in [1.82, 2.24) is 9.46 Å². The molecular formula is C20H23N3O3S2. The van der Waals surface area contributed by atoms with Crippen molar-refractivity contribution in [3.8, 4) is 10.6 Å². The number of aromatic nitrogens is 1. The van der Waals surface area contributed by atoms with E-state index in [0.717, 1.165) is 16.3 Å². The van der Waals surface area contributed by atoms with E-state index in [1.807, 2.05) is 19.1 Å². The minimum Gasteiger partial charge on any atom is -0.366 e. The Hall–Kier alpha value is -2.16. The highest BCUT2D eigenvalue weighted by atomic mass is 32.2. The van der Waals surface area contributed by atoms with Crippen LogP contribution in [0.5, 0.6) is 0 Å². The third-order valence-electron chi connectivity index (χ3n) is 4.97. The first-order valence-electron chi connectivity index (χ1n) is 9.21. The van der Waals surface area contributed by atoms with E-state index in [1.165, 1.54) is 16.9 Å². The van der Waals surface area contributed by atoms with Crippen molar-refractivity contribution in [2.24, 2.45) is 0 Å². The SMILES string of the molecule is Cc1cccc(N2CCN(S(=O)(=O)c3ccc(-c4cc(C)no4)s3)C[C@H]2C)c1. The first-order chi connectivity index (χ1) is 13.3. The Labute approximate surface area is 169 Å². The predicted molar refractivity (Wildman–Crippen MR) is 111 cm³/mol. The van der Waals surface area contributed by atoms with E-state index in [9.17, 15) is 8.42 Å². The molecule has 6 nitrogen and oxygen atoms in total. The Balaban J connectivity index is 1.52. The zero-order valence-electron chi connectivity index (χ0n) is 16.1. The second-order valence-electron chi connectivity index (χ2n) is 7.20. The number of thiophene rings is 1. The minimum atomic E-state index is -3.53. The van der Waals surface area contributed by atoms with Crippen molar-refractivity contribution in [1.29, 1.82) is 0 Å². The van der Waals surface area contributed by atoms with Gasteiger partial charge in [-0.1, -0.05) is 17.3 Å². The molecule has 1 aliphatic rings. The molecule has 3 aromatic rings. The van der Waals surface area contributed by atoms with Crippen LogP contribution in [-0.2, 0) is 10.0 Å². The van der Waals surface area contributed by atoms with Gasteiger partial charge in [-0.25, -0.2) is 8.42 Å². The second-order valence-corrected chi connectivity index (χ2v) is 10.4. The topological polar surface area (TPSA) is 66.7 Å². The van der Waals surface area contributed by atoms with E-state index in [2.05, 4.69) is 42.1 Å². The third-order valence-corrected chi connectivity index (χ3v) is 8.40. The molecule has 1 aliphatic heterocycles. The molecular weight excluding hydrogens is 394 g/mol. The summed E-state index contributed by atoms with van der Waals surface area (Å²) >= 11 is 1.22. The van der Waals surface area contributed by atoms with Crippen molar-refractivity contribution < 1.29 is 12.9 Å². The monoisotopic (exact) mass is 417 g/mol. The lowest BCUT2D eigenvalue weighted by Crippen LogP contribution is -2.53. The Morgan fingerprint density at radius 2 is 1.96 bits per heavy atom. The Morgan fingerprint density at radius 3 is 2.64 bits per heavy atom. The van der Waals surface area contributed by atoms with Crippen LogP contribution in [0.15, 0.2) is 51.2 Å². The van der Waals surface area contributed by atoms with Crippen molar-refractivity contribution in [2.75, 3.05) is 24.5 Å². The summed E-state index contributed by atoms with van der Waals surface area (Å²) in [6.07, 6.45) is 0. The molecule has 1 atom stereocenters. The van der Waals surface area contributed by atoms with Crippen LogP contribution >= 0.6 is 11.3 Å². The molecule has 2 aromatic heterocycles. The van der Waals surface area contributed by atoms with Gasteiger partial charge < -0.3 is 9.42 Å². The van der Waals surface area contributed by atoms with Gasteiger partial charge in [-0.15, -0.1) is 11.3 Å². The smallest absolute Gasteiger partial charge is 0.252 e. The first-order valence-corrected chi connectivity index (χ1v) is 11.5. The van der Waals surface area contributed by atoms with Gasteiger partial charge in [0.2, 0.25) is 0 Å². The zero-order valence-corrected chi connectivity index (χ0v) is 17.8. The Bertz CT molecular complexity index is 1090. The van der Waals surface area contributed by atoms with Crippen molar-refractivity contribution in [2.45, 2.75) is 31.0 Å². The number of nitrogens with zero attached hydrogens (tertiary/aromatic N) is 3. The van der Waals surface area contributed by atoms with Gasteiger partial charge in [0.05, 0.1) is 10.6 Å². The van der Waals surface area contributed by atoms with Crippen LogP contribution in [0.2, 0.25) is 0 Å². The van der Waals surface area contributed by atoms with Crippen LogP contribution in [-0.4, -0.2) is 43.6 Å². The number of anilines is 1. The van der Waals surface area contributed by atoms with Gasteiger partial charge in [-0.2, -0.15) is 4.31 Å². The molecule has 4 rings (SSSR count). The fourth-order valence-corrected chi connectivity index (χ4v) is 6.45. The van der Waals surface area contributed by atoms with E-state index in [0.29, 0.717) is 29.6 Å². The fourth-order valence-electron chi connectivity index (χ4n) is 3.53. The summed E-state index contributed by atoms with van der Waals surface area (Å²) in [5.41, 5.74) is 3.12. The maximum atomic E-state index is 13.2. The number of rotatable bonds is 4. The summed E-state index contributed by atoms with van der Waals surface area (Å²) in [4.78, 5) is 3.04. The summed E-state index contributed by atoms with van der Waals surface area (Å²) < 4.78 is 33.5. The van der Waals surface area contributed by atoms with Crippen LogP contribution in [0.1, 0.15) is 18.2 Å². The van der Waals surface area contributed by atoms with Crippen molar-refractivity contribution in [3.05, 3.63) is 53.7 Å². The normalized spacial score (nSPS) is 18.5. The number of sulfonamides is 1. The number of hydrogen-bond acceptors (Lipinski definition) is 6. The maximum Gasteiger partial charge on any atom is 0.252 e. The number of benzene rings is 1. The van der Waals surface area contributed by atoms with Gasteiger partial charge in [0.25, 0.3) is 10.0 Å². The van der Waals surface area contributed by atoms with Crippen LogP contribution < -0.4 is 4.90 Å². The molecule has 28 heavy (non-hydrogen) atoms. The van der Waals surface area contributed by atoms with Crippen LogP contribution in [0.25, 0.3) is 10.6 Å². The Kier molecular flexibility index (Phi) is 5.03. The predicted octanol–water partition coefficient (Wildman–Crippen LogP) is 3.92. The average Bonchev–Trinajstić information content (AvgIpc) is 3.31. The largest absolute Gasteiger partial charge is 0.366 e. The number of hydrogen-bond donors (Lipinski definition) is 0. The highest BCUT2D eigenvalue weighted by Gasteiger charge is 2.33. The number of piperazine rings is 1. The molecule has 0 N–H and O–H groups in total. The molecule has 1 saturated heterocycles. The van der Waals surface area contributed by atoms with Crippen molar-refractivity contribution in [3.63, 3.8) is 0 Å². The molecule has 0 unspecified atom stereocenters. The van der Waals surface area contributed by atoms with Gasteiger partial charge in [-0.05, 0) is 50.6 Å². The molecule has 0 radical (unpaired) electrons. The summed E-state index contributed by atoms with van der Waals surface area (Å²) in [5, 5.41) is 3.87. The molecule has 1 fully saturated rings. The average molecular weight is 418 g/mol. The van der Waals surface area contributed by atoms with E-state index in [1.54, 1.807) is 16.4 Å². The molecule has 148 valence electrons. The van der Waals surface area contributed by atoms with E-state index >= 15 is 0 Å². The molecule has 0 bridgehead atoms. The standard InChI is InChI=1S/C20H23N3O3S2/c1-14-5-4-6-17(11-14)23-10-9-22(13-16(23)3)28(24,25)20-8-7-19(27-20)18-12-15(2)21-26-18/h4-8,11-12,16H,9-10,13H2,1-3H3/t16-/m1/s1. The lowest BCUT2D eigenvalue weighted by molar-refractivity contribution is 0.343. The third kappa shape index (κ3) is 3.59. The minimum absolute atomic E-state index is 0.0988. The summed E-state index contributed by atoms with van der Waals surface area (Å²) in [7, 11) is -3.53. The maximum absolute atomic E-state index is 13.2.